The molecule has 1 amide bonds. The van der Waals surface area contributed by atoms with Crippen LogP contribution in [0, 0.1) is 0 Å². The van der Waals surface area contributed by atoms with Crippen LogP contribution < -0.4 is 11.1 Å². The number of anilines is 1. The molecule has 0 bridgehead atoms. The van der Waals surface area contributed by atoms with E-state index in [-0.39, 0.29) is 5.91 Å². The molecule has 0 aliphatic rings. The zero-order valence-electron chi connectivity index (χ0n) is 11.2. The minimum absolute atomic E-state index is 0.163. The van der Waals surface area contributed by atoms with E-state index in [2.05, 4.69) is 15.5 Å². The van der Waals surface area contributed by atoms with Crippen molar-refractivity contribution in [1.82, 2.24) is 15.0 Å². The average Bonchev–Trinajstić information content (AvgIpc) is 2.99. The summed E-state index contributed by atoms with van der Waals surface area (Å²) in [6.45, 7) is 0. The Hall–Kier alpha value is -1.86. The van der Waals surface area contributed by atoms with E-state index in [0.29, 0.717) is 12.1 Å². The maximum Gasteiger partial charge on any atom is 0.241 e. The predicted octanol–water partition coefficient (Wildman–Crippen LogP) is 1.29. The lowest BCUT2D eigenvalue weighted by atomic mass is 10.2. The molecule has 1 atom stereocenters. The molecule has 0 saturated carbocycles. The molecule has 1 heterocycles. The Balaban J connectivity index is 1.95. The third kappa shape index (κ3) is 3.82. The van der Waals surface area contributed by atoms with Gasteiger partial charge < -0.3 is 11.1 Å². The molecule has 2 rings (SSSR count). The first-order valence-corrected chi connectivity index (χ1v) is 7.62. The molecule has 6 nitrogen and oxygen atoms in total. The fraction of sp³-hybridized carbons (Fsp3) is 0.308. The van der Waals surface area contributed by atoms with Crippen molar-refractivity contribution in [2.24, 2.45) is 5.73 Å². The van der Waals surface area contributed by atoms with Gasteiger partial charge in [0.1, 0.15) is 0 Å². The fourth-order valence-corrected chi connectivity index (χ4v) is 2.13. The first-order chi connectivity index (χ1) is 9.70. The van der Waals surface area contributed by atoms with Gasteiger partial charge in [-0.3, -0.25) is 4.79 Å². The molecular weight excluding hydrogens is 274 g/mol. The summed E-state index contributed by atoms with van der Waals surface area (Å²) in [6, 6.07) is 6.80. The van der Waals surface area contributed by atoms with Crippen LogP contribution in [0.1, 0.15) is 6.42 Å². The molecule has 0 unspecified atom stereocenters. The summed E-state index contributed by atoms with van der Waals surface area (Å²) in [6.07, 6.45) is 5.88. The number of nitrogens with two attached hydrogens (primary N) is 1. The quantitative estimate of drug-likeness (QED) is 0.837. The molecule has 0 spiro atoms. The number of rotatable bonds is 6. The van der Waals surface area contributed by atoms with Crippen LogP contribution >= 0.6 is 11.8 Å². The van der Waals surface area contributed by atoms with E-state index in [1.165, 1.54) is 4.80 Å². The van der Waals surface area contributed by atoms with Gasteiger partial charge >= 0.3 is 0 Å². The van der Waals surface area contributed by atoms with E-state index in [9.17, 15) is 4.79 Å². The second-order valence-corrected chi connectivity index (χ2v) is 5.23. The van der Waals surface area contributed by atoms with E-state index < -0.39 is 6.04 Å². The maximum absolute atomic E-state index is 11.9. The summed E-state index contributed by atoms with van der Waals surface area (Å²) in [4.78, 5) is 13.4. The Bertz CT molecular complexity index is 540. The van der Waals surface area contributed by atoms with Crippen LogP contribution in [0.5, 0.6) is 0 Å². The highest BCUT2D eigenvalue weighted by atomic mass is 32.2. The van der Waals surface area contributed by atoms with Gasteiger partial charge in [0.05, 0.1) is 24.1 Å². The fourth-order valence-electron chi connectivity index (χ4n) is 1.64. The SMILES string of the molecule is CSCC[C@H](N)C(=O)Nc1ccc(-n2nccn2)cc1. The summed E-state index contributed by atoms with van der Waals surface area (Å²) in [5.74, 6) is 0.711. The maximum atomic E-state index is 11.9. The number of benzene rings is 1. The van der Waals surface area contributed by atoms with Crippen LogP contribution in [0.2, 0.25) is 0 Å². The van der Waals surface area contributed by atoms with Gasteiger partial charge in [-0.1, -0.05) is 0 Å². The molecule has 3 N–H and O–H groups in total. The molecule has 1 aromatic heterocycles. The van der Waals surface area contributed by atoms with E-state index in [1.807, 2.05) is 18.4 Å². The number of carbonyl (C=O) groups is 1. The van der Waals surface area contributed by atoms with Crippen molar-refractivity contribution in [3.63, 3.8) is 0 Å². The number of thioether (sulfide) groups is 1. The van der Waals surface area contributed by atoms with Crippen LogP contribution in [0.15, 0.2) is 36.7 Å². The summed E-state index contributed by atoms with van der Waals surface area (Å²) < 4.78 is 0. The normalized spacial score (nSPS) is 12.1. The van der Waals surface area contributed by atoms with Crippen molar-refractivity contribution in [3.05, 3.63) is 36.7 Å². The van der Waals surface area contributed by atoms with Crippen molar-refractivity contribution < 1.29 is 4.79 Å². The zero-order valence-corrected chi connectivity index (χ0v) is 12.0. The van der Waals surface area contributed by atoms with Gasteiger partial charge in [0.2, 0.25) is 5.91 Å². The summed E-state index contributed by atoms with van der Waals surface area (Å²) in [5, 5.41) is 10.9. The van der Waals surface area contributed by atoms with Crippen molar-refractivity contribution in [2.75, 3.05) is 17.3 Å². The van der Waals surface area contributed by atoms with E-state index >= 15 is 0 Å². The van der Waals surface area contributed by atoms with Gasteiger partial charge in [0, 0.05) is 5.69 Å². The summed E-state index contributed by atoms with van der Waals surface area (Å²) in [7, 11) is 0. The second kappa shape index (κ2) is 7.06. The van der Waals surface area contributed by atoms with Gasteiger partial charge in [-0.05, 0) is 42.7 Å². The number of nitrogens with one attached hydrogen (secondary N) is 1. The van der Waals surface area contributed by atoms with Crippen LogP contribution in [0.25, 0.3) is 5.69 Å². The Morgan fingerprint density at radius 3 is 2.60 bits per heavy atom. The first kappa shape index (κ1) is 14.5. The molecule has 0 radical (unpaired) electrons. The predicted molar refractivity (Wildman–Crippen MR) is 81.0 cm³/mol. The Morgan fingerprint density at radius 1 is 1.35 bits per heavy atom. The van der Waals surface area contributed by atoms with Gasteiger partial charge in [-0.2, -0.15) is 26.8 Å². The number of amides is 1. The van der Waals surface area contributed by atoms with Gasteiger partial charge in [0.15, 0.2) is 0 Å². The number of aromatic nitrogens is 3. The molecule has 0 aliphatic heterocycles. The standard InChI is InChI=1S/C13H17N5OS/c1-20-9-6-12(14)13(19)17-10-2-4-11(5-3-10)18-15-7-8-16-18/h2-5,7-8,12H,6,9,14H2,1H3,(H,17,19)/t12-/m0/s1. The molecule has 7 heteroatoms. The third-order valence-corrected chi connectivity index (χ3v) is 3.40. The minimum atomic E-state index is -0.477. The van der Waals surface area contributed by atoms with E-state index in [0.717, 1.165) is 11.4 Å². The Morgan fingerprint density at radius 2 is 2.00 bits per heavy atom. The molecule has 2 aromatic rings. The van der Waals surface area contributed by atoms with Crippen LogP contribution in [0.4, 0.5) is 5.69 Å². The number of nitrogens with zero attached hydrogens (tertiary/aromatic N) is 3. The van der Waals surface area contributed by atoms with Crippen LogP contribution in [0.3, 0.4) is 0 Å². The largest absolute Gasteiger partial charge is 0.325 e. The van der Waals surface area contributed by atoms with Crippen molar-refractivity contribution in [1.29, 1.82) is 0 Å². The van der Waals surface area contributed by atoms with Crippen molar-refractivity contribution >= 4 is 23.4 Å². The van der Waals surface area contributed by atoms with E-state index in [1.54, 1.807) is 36.3 Å². The zero-order chi connectivity index (χ0) is 14.4. The smallest absolute Gasteiger partial charge is 0.241 e. The number of hydrogen-bond donors (Lipinski definition) is 2. The van der Waals surface area contributed by atoms with Crippen LogP contribution in [-0.2, 0) is 4.79 Å². The van der Waals surface area contributed by atoms with Crippen molar-refractivity contribution in [2.45, 2.75) is 12.5 Å². The first-order valence-electron chi connectivity index (χ1n) is 6.23. The molecule has 20 heavy (non-hydrogen) atoms. The van der Waals surface area contributed by atoms with Crippen molar-refractivity contribution in [3.8, 4) is 5.69 Å². The molecule has 1 aromatic carbocycles. The number of carbonyl (C=O) groups excluding carboxylic acids is 1. The molecule has 0 fully saturated rings. The van der Waals surface area contributed by atoms with Crippen LogP contribution in [-0.4, -0.2) is 39.0 Å². The second-order valence-electron chi connectivity index (χ2n) is 4.24. The van der Waals surface area contributed by atoms with E-state index in [4.69, 9.17) is 5.73 Å². The lowest BCUT2D eigenvalue weighted by Crippen LogP contribution is -2.36. The lowest BCUT2D eigenvalue weighted by molar-refractivity contribution is -0.117. The van der Waals surface area contributed by atoms with Gasteiger partial charge in [0.25, 0.3) is 0 Å². The third-order valence-electron chi connectivity index (χ3n) is 2.75. The van der Waals surface area contributed by atoms with Gasteiger partial charge in [-0.25, -0.2) is 0 Å². The topological polar surface area (TPSA) is 85.8 Å². The average molecular weight is 291 g/mol. The van der Waals surface area contributed by atoms with Gasteiger partial charge in [-0.15, -0.1) is 0 Å². The molecule has 0 saturated heterocycles. The Kier molecular flexibility index (Phi) is 5.14. The summed E-state index contributed by atoms with van der Waals surface area (Å²) in [5.41, 5.74) is 7.36. The number of hydrogen-bond acceptors (Lipinski definition) is 5. The highest BCUT2D eigenvalue weighted by molar-refractivity contribution is 7.98. The highest BCUT2D eigenvalue weighted by Crippen LogP contribution is 2.12. The highest BCUT2D eigenvalue weighted by Gasteiger charge is 2.12. The summed E-state index contributed by atoms with van der Waals surface area (Å²) >= 11 is 1.68. The molecule has 106 valence electrons. The Labute approximate surface area is 121 Å². The lowest BCUT2D eigenvalue weighted by Gasteiger charge is -2.11. The minimum Gasteiger partial charge on any atom is -0.325 e. The monoisotopic (exact) mass is 291 g/mol. The molecule has 0 aliphatic carbocycles. The molecular formula is C13H17N5OS.